The van der Waals surface area contributed by atoms with Gasteiger partial charge in [0.1, 0.15) is 0 Å². The topological polar surface area (TPSA) is 82.7 Å². The van der Waals surface area contributed by atoms with E-state index in [9.17, 15) is 9.59 Å². The molecule has 7 nitrogen and oxygen atoms in total. The molecule has 1 aromatic carbocycles. The fraction of sp³-hybridized carbons (Fsp3) is 0.267. The second-order valence-corrected chi connectivity index (χ2v) is 4.94. The maximum absolute atomic E-state index is 12.2. The van der Waals surface area contributed by atoms with E-state index in [2.05, 4.69) is 15.1 Å². The minimum atomic E-state index is -0.598. The number of aryl methyl sites for hydroxylation is 1. The zero-order valence-electron chi connectivity index (χ0n) is 12.4. The van der Waals surface area contributed by atoms with Gasteiger partial charge in [0, 0.05) is 20.0 Å². The average Bonchev–Trinajstić information content (AvgIpc) is 2.54. The van der Waals surface area contributed by atoms with Crippen molar-refractivity contribution in [2.24, 2.45) is 7.05 Å². The van der Waals surface area contributed by atoms with Crippen LogP contribution in [0.1, 0.15) is 18.3 Å². The van der Waals surface area contributed by atoms with Crippen LogP contribution in [0.3, 0.4) is 0 Å². The Morgan fingerprint density at radius 3 is 2.50 bits per heavy atom. The van der Waals surface area contributed by atoms with Gasteiger partial charge in [-0.2, -0.15) is 10.1 Å². The van der Waals surface area contributed by atoms with Crippen LogP contribution in [0.15, 0.2) is 39.9 Å². The second kappa shape index (κ2) is 5.51. The molecular weight excluding hydrogens is 282 g/mol. The number of nitrogens with zero attached hydrogens (tertiary/aromatic N) is 5. The third-order valence-corrected chi connectivity index (χ3v) is 3.43. The quantitative estimate of drug-likeness (QED) is 0.701. The molecule has 0 fully saturated rings. The molecule has 0 atom stereocenters. The third kappa shape index (κ3) is 2.41. The normalized spacial score (nSPS) is 11.0. The Hall–Kier alpha value is -2.83. The van der Waals surface area contributed by atoms with E-state index in [0.717, 1.165) is 10.1 Å². The van der Waals surface area contributed by atoms with Gasteiger partial charge in [-0.3, -0.25) is 9.36 Å². The van der Waals surface area contributed by atoms with Crippen LogP contribution >= 0.6 is 0 Å². The smallest absolute Gasteiger partial charge is 0.267 e. The van der Waals surface area contributed by atoms with Crippen LogP contribution in [0.25, 0.3) is 11.5 Å². The van der Waals surface area contributed by atoms with Crippen molar-refractivity contribution >= 4 is 0 Å². The Kier molecular flexibility index (Phi) is 3.54. The Morgan fingerprint density at radius 2 is 1.82 bits per heavy atom. The Bertz CT molecular complexity index is 898. The van der Waals surface area contributed by atoms with Gasteiger partial charge >= 0.3 is 5.69 Å². The Morgan fingerprint density at radius 1 is 1.09 bits per heavy atom. The molecule has 2 aliphatic rings. The molecule has 7 heteroatoms. The van der Waals surface area contributed by atoms with Gasteiger partial charge in [-0.25, -0.2) is 14.5 Å². The number of benzene rings is 1. The zero-order valence-corrected chi connectivity index (χ0v) is 12.4. The summed E-state index contributed by atoms with van der Waals surface area (Å²) >= 11 is 0. The van der Waals surface area contributed by atoms with Crippen LogP contribution in [0.5, 0.6) is 0 Å². The largest absolute Gasteiger partial charge is 0.352 e. The van der Waals surface area contributed by atoms with Crippen molar-refractivity contribution in [1.29, 1.82) is 0 Å². The first kappa shape index (κ1) is 14.1. The van der Waals surface area contributed by atoms with E-state index in [1.54, 1.807) is 4.68 Å². The van der Waals surface area contributed by atoms with Gasteiger partial charge in [0.15, 0.2) is 17.3 Å². The molecule has 3 rings (SSSR count). The SMILES string of the molecule is CCn1nc(Cc2ccccc2)nc2c(=O)n(C)c(=O)nc1-2. The highest BCUT2D eigenvalue weighted by Gasteiger charge is 2.19. The van der Waals surface area contributed by atoms with Gasteiger partial charge in [0.05, 0.1) is 0 Å². The van der Waals surface area contributed by atoms with Crippen molar-refractivity contribution in [1.82, 2.24) is 24.3 Å². The molecule has 22 heavy (non-hydrogen) atoms. The number of hydrogen-bond acceptors (Lipinski definition) is 5. The summed E-state index contributed by atoms with van der Waals surface area (Å²) in [5, 5.41) is 4.38. The second-order valence-electron chi connectivity index (χ2n) is 4.94. The fourth-order valence-corrected chi connectivity index (χ4v) is 2.25. The van der Waals surface area contributed by atoms with Crippen LogP contribution in [0.4, 0.5) is 0 Å². The third-order valence-electron chi connectivity index (χ3n) is 3.43. The molecule has 0 bridgehead atoms. The maximum Gasteiger partial charge on any atom is 0.352 e. The summed E-state index contributed by atoms with van der Waals surface area (Å²) < 4.78 is 2.50. The Labute approximate surface area is 126 Å². The van der Waals surface area contributed by atoms with Crippen molar-refractivity contribution in [3.8, 4) is 11.5 Å². The standard InChI is InChI=1S/C15H15N5O2/c1-3-20-13-12(14(21)19(2)15(22)17-13)16-11(18-20)9-10-7-5-4-6-8-10/h4-8H,3,9H2,1-2H3. The molecule has 0 radical (unpaired) electrons. The van der Waals surface area contributed by atoms with Crippen LogP contribution < -0.4 is 11.2 Å². The summed E-state index contributed by atoms with van der Waals surface area (Å²) in [5.74, 6) is 0.755. The lowest BCUT2D eigenvalue weighted by molar-refractivity contribution is 0.590. The van der Waals surface area contributed by atoms with Gasteiger partial charge in [-0.1, -0.05) is 30.3 Å². The molecular formula is C15H15N5O2. The highest BCUT2D eigenvalue weighted by molar-refractivity contribution is 5.48. The van der Waals surface area contributed by atoms with Gasteiger partial charge in [0.2, 0.25) is 0 Å². The number of fused-ring (bicyclic) bond motifs is 1. The lowest BCUT2D eigenvalue weighted by atomic mass is 10.1. The number of rotatable bonds is 3. The molecule has 0 saturated carbocycles. The molecule has 2 aliphatic heterocycles. The lowest BCUT2D eigenvalue weighted by Crippen LogP contribution is -2.37. The summed E-state index contributed by atoms with van der Waals surface area (Å²) in [5.41, 5.74) is 0.174. The maximum atomic E-state index is 12.2. The predicted molar refractivity (Wildman–Crippen MR) is 80.9 cm³/mol. The molecule has 0 N–H and O–H groups in total. The van der Waals surface area contributed by atoms with Crippen LogP contribution in [-0.2, 0) is 20.0 Å². The van der Waals surface area contributed by atoms with Gasteiger partial charge < -0.3 is 0 Å². The molecule has 0 spiro atoms. The molecule has 0 unspecified atom stereocenters. The highest BCUT2D eigenvalue weighted by atomic mass is 16.2. The molecule has 0 saturated heterocycles. The summed E-state index contributed by atoms with van der Waals surface area (Å²) in [6.45, 7) is 2.38. The lowest BCUT2D eigenvalue weighted by Gasteiger charge is -2.13. The fourth-order valence-electron chi connectivity index (χ4n) is 2.25. The summed E-state index contributed by atoms with van der Waals surface area (Å²) in [7, 11) is 1.40. The van der Waals surface area contributed by atoms with Crippen LogP contribution in [-0.4, -0.2) is 24.3 Å². The molecule has 1 aromatic rings. The van der Waals surface area contributed by atoms with E-state index in [4.69, 9.17) is 0 Å². The Balaban J connectivity index is 2.20. The van der Waals surface area contributed by atoms with E-state index in [-0.39, 0.29) is 11.5 Å². The first-order valence-corrected chi connectivity index (χ1v) is 6.99. The molecule has 0 aliphatic carbocycles. The van der Waals surface area contributed by atoms with E-state index in [1.165, 1.54) is 7.05 Å². The van der Waals surface area contributed by atoms with Crippen LogP contribution in [0.2, 0.25) is 0 Å². The summed E-state index contributed by atoms with van der Waals surface area (Å²) in [6.07, 6.45) is 0.513. The molecule has 2 heterocycles. The predicted octanol–water partition coefficient (Wildman–Crippen LogP) is 0.448. The molecule has 0 amide bonds. The number of aromatic nitrogens is 5. The molecule has 112 valence electrons. The molecule has 0 aromatic heterocycles. The van der Waals surface area contributed by atoms with Crippen molar-refractivity contribution in [2.75, 3.05) is 0 Å². The van der Waals surface area contributed by atoms with Crippen LogP contribution in [0, 0.1) is 0 Å². The van der Waals surface area contributed by atoms with Gasteiger partial charge in [-0.05, 0) is 12.5 Å². The number of hydrogen-bond donors (Lipinski definition) is 0. The van der Waals surface area contributed by atoms with E-state index >= 15 is 0 Å². The van der Waals surface area contributed by atoms with Gasteiger partial charge in [0.25, 0.3) is 5.56 Å². The van der Waals surface area contributed by atoms with Crippen molar-refractivity contribution in [2.45, 2.75) is 19.9 Å². The van der Waals surface area contributed by atoms with E-state index < -0.39 is 11.2 Å². The minimum Gasteiger partial charge on any atom is -0.267 e. The van der Waals surface area contributed by atoms with E-state index in [0.29, 0.717) is 18.8 Å². The highest BCUT2D eigenvalue weighted by Crippen LogP contribution is 2.12. The van der Waals surface area contributed by atoms with E-state index in [1.807, 2.05) is 37.3 Å². The first-order valence-electron chi connectivity index (χ1n) is 6.99. The minimum absolute atomic E-state index is 0.171. The monoisotopic (exact) mass is 297 g/mol. The summed E-state index contributed by atoms with van der Waals surface area (Å²) in [4.78, 5) is 32.1. The van der Waals surface area contributed by atoms with Crippen molar-refractivity contribution < 1.29 is 0 Å². The van der Waals surface area contributed by atoms with Gasteiger partial charge in [-0.15, -0.1) is 0 Å². The van der Waals surface area contributed by atoms with Crippen molar-refractivity contribution in [3.63, 3.8) is 0 Å². The van der Waals surface area contributed by atoms with Crippen molar-refractivity contribution in [3.05, 3.63) is 62.6 Å². The zero-order chi connectivity index (χ0) is 15.7. The summed E-state index contributed by atoms with van der Waals surface area (Å²) in [6, 6.07) is 9.76. The average molecular weight is 297 g/mol. The first-order chi connectivity index (χ1) is 10.6.